The van der Waals surface area contributed by atoms with E-state index in [2.05, 4.69) is 20.7 Å². The quantitative estimate of drug-likeness (QED) is 0.820. The fourth-order valence-corrected chi connectivity index (χ4v) is 1.46. The molecule has 0 aliphatic rings. The van der Waals surface area contributed by atoms with Crippen molar-refractivity contribution < 1.29 is 9.59 Å². The number of amides is 2. The normalized spacial score (nSPS) is 10.0. The second-order valence-corrected chi connectivity index (χ2v) is 3.92. The van der Waals surface area contributed by atoms with Crippen LogP contribution in [0.1, 0.15) is 17.3 Å². The summed E-state index contributed by atoms with van der Waals surface area (Å²) in [7, 11) is 1.67. The van der Waals surface area contributed by atoms with E-state index in [4.69, 9.17) is 0 Å². The number of hydrogen-bond acceptors (Lipinski definition) is 4. The first-order valence-corrected chi connectivity index (χ1v) is 5.59. The Balaban J connectivity index is 1.99. The maximum atomic E-state index is 11.7. The Bertz CT molecular complexity index is 603. The number of urea groups is 1. The lowest BCUT2D eigenvalue weighted by molar-refractivity contribution is 0.101. The third-order valence-corrected chi connectivity index (χ3v) is 2.49. The average molecular weight is 259 g/mol. The number of Topliss-reactive ketones (excluding diaryl/α,β-unsaturated/α-hetero) is 1. The molecule has 1 aromatic heterocycles. The number of anilines is 2. The summed E-state index contributed by atoms with van der Waals surface area (Å²) in [4.78, 5) is 26.7. The van der Waals surface area contributed by atoms with Gasteiger partial charge < -0.3 is 5.32 Å². The second kappa shape index (κ2) is 5.30. The predicted octanol–water partition coefficient (Wildman–Crippen LogP) is 1.66. The maximum Gasteiger partial charge on any atom is 0.326 e. The highest BCUT2D eigenvalue weighted by molar-refractivity contribution is 5.99. The zero-order valence-corrected chi connectivity index (χ0v) is 10.5. The highest BCUT2D eigenvalue weighted by Gasteiger charge is 2.07. The first kappa shape index (κ1) is 12.7. The van der Waals surface area contributed by atoms with Crippen LogP contribution in [0.4, 0.5) is 16.4 Å². The van der Waals surface area contributed by atoms with Crippen molar-refractivity contribution in [1.29, 1.82) is 0 Å². The Kier molecular flexibility index (Phi) is 3.56. The molecule has 0 bridgehead atoms. The van der Waals surface area contributed by atoms with Crippen LogP contribution in [0.5, 0.6) is 0 Å². The van der Waals surface area contributed by atoms with E-state index < -0.39 is 6.03 Å². The molecule has 7 nitrogen and oxygen atoms in total. The number of rotatable bonds is 3. The van der Waals surface area contributed by atoms with Crippen molar-refractivity contribution in [3.8, 4) is 0 Å². The van der Waals surface area contributed by atoms with E-state index in [-0.39, 0.29) is 5.78 Å². The molecule has 0 atom stereocenters. The number of nitrogens with one attached hydrogen (secondary N) is 2. The van der Waals surface area contributed by atoms with Crippen LogP contribution in [0.3, 0.4) is 0 Å². The molecule has 98 valence electrons. The molecule has 0 unspecified atom stereocenters. The largest absolute Gasteiger partial charge is 0.326 e. The molecule has 1 heterocycles. The lowest BCUT2D eigenvalue weighted by Gasteiger charge is -2.06. The fraction of sp³-hybridized carbons (Fsp3) is 0.167. The summed E-state index contributed by atoms with van der Waals surface area (Å²) in [6, 6.07) is 6.20. The Hall–Kier alpha value is -2.70. The predicted molar refractivity (Wildman–Crippen MR) is 70.1 cm³/mol. The van der Waals surface area contributed by atoms with E-state index >= 15 is 0 Å². The number of aromatic nitrogens is 3. The molecule has 0 saturated heterocycles. The summed E-state index contributed by atoms with van der Waals surface area (Å²) in [5, 5.41) is 9.01. The number of benzene rings is 1. The van der Waals surface area contributed by atoms with E-state index in [1.807, 2.05) is 0 Å². The van der Waals surface area contributed by atoms with Gasteiger partial charge in [-0.05, 0) is 31.2 Å². The molecule has 2 N–H and O–H groups in total. The van der Waals surface area contributed by atoms with Gasteiger partial charge in [-0.15, -0.1) is 0 Å². The van der Waals surface area contributed by atoms with Crippen LogP contribution in [0.25, 0.3) is 0 Å². The van der Waals surface area contributed by atoms with Gasteiger partial charge in [0.05, 0.1) is 0 Å². The zero-order chi connectivity index (χ0) is 13.8. The highest BCUT2D eigenvalue weighted by Crippen LogP contribution is 2.10. The van der Waals surface area contributed by atoms with Crippen molar-refractivity contribution in [3.63, 3.8) is 0 Å². The Morgan fingerprint density at radius 2 is 1.84 bits per heavy atom. The van der Waals surface area contributed by atoms with E-state index in [1.165, 1.54) is 17.9 Å². The molecule has 19 heavy (non-hydrogen) atoms. The molecule has 2 rings (SSSR count). The van der Waals surface area contributed by atoms with Crippen LogP contribution < -0.4 is 10.6 Å². The van der Waals surface area contributed by atoms with Crippen molar-refractivity contribution >= 4 is 23.5 Å². The number of aryl methyl sites for hydroxylation is 1. The zero-order valence-electron chi connectivity index (χ0n) is 10.5. The Morgan fingerprint density at radius 1 is 1.16 bits per heavy atom. The number of hydrogen-bond donors (Lipinski definition) is 2. The highest BCUT2D eigenvalue weighted by atomic mass is 16.2. The maximum absolute atomic E-state index is 11.7. The third kappa shape index (κ3) is 3.15. The second-order valence-electron chi connectivity index (χ2n) is 3.92. The van der Waals surface area contributed by atoms with Crippen molar-refractivity contribution in [2.45, 2.75) is 6.92 Å². The van der Waals surface area contributed by atoms with Crippen LogP contribution in [-0.2, 0) is 7.05 Å². The van der Waals surface area contributed by atoms with E-state index in [1.54, 1.807) is 31.3 Å². The van der Waals surface area contributed by atoms with Crippen molar-refractivity contribution in [1.82, 2.24) is 14.8 Å². The van der Waals surface area contributed by atoms with Crippen LogP contribution in [0, 0.1) is 0 Å². The monoisotopic (exact) mass is 259 g/mol. The summed E-state index contributed by atoms with van der Waals surface area (Å²) >= 11 is 0. The van der Waals surface area contributed by atoms with Crippen molar-refractivity contribution in [3.05, 3.63) is 36.2 Å². The van der Waals surface area contributed by atoms with Crippen molar-refractivity contribution in [2.75, 3.05) is 10.6 Å². The van der Waals surface area contributed by atoms with Crippen LogP contribution in [0.2, 0.25) is 0 Å². The molecular formula is C12H13N5O2. The standard InChI is InChI=1S/C12H13N5O2/c1-8(18)9-3-5-10(6-4-9)15-12(19)16-11-13-7-14-17(11)2/h3-7H,1-2H3,(H2,13,14,15,16,19). The Morgan fingerprint density at radius 3 is 2.37 bits per heavy atom. The van der Waals surface area contributed by atoms with E-state index in [0.717, 1.165) is 0 Å². The summed E-state index contributed by atoms with van der Waals surface area (Å²) in [6.07, 6.45) is 1.34. The number of carbonyl (C=O) groups is 2. The minimum Gasteiger partial charge on any atom is -0.308 e. The number of ketones is 1. The van der Waals surface area contributed by atoms with Gasteiger partial charge in [0.25, 0.3) is 0 Å². The van der Waals surface area contributed by atoms with Gasteiger partial charge in [0.1, 0.15) is 6.33 Å². The summed E-state index contributed by atoms with van der Waals surface area (Å²) < 4.78 is 1.44. The van der Waals surface area contributed by atoms with Crippen LogP contribution in [0.15, 0.2) is 30.6 Å². The first-order chi connectivity index (χ1) is 9.06. The van der Waals surface area contributed by atoms with Crippen LogP contribution in [-0.4, -0.2) is 26.6 Å². The molecule has 0 saturated carbocycles. The smallest absolute Gasteiger partial charge is 0.308 e. The molecule has 1 aromatic carbocycles. The molecule has 2 amide bonds. The van der Waals surface area contributed by atoms with Crippen LogP contribution >= 0.6 is 0 Å². The van der Waals surface area contributed by atoms with Gasteiger partial charge in [-0.3, -0.25) is 10.1 Å². The van der Waals surface area contributed by atoms with Gasteiger partial charge in [-0.1, -0.05) is 0 Å². The van der Waals surface area contributed by atoms with Crippen molar-refractivity contribution in [2.24, 2.45) is 7.05 Å². The average Bonchev–Trinajstić information content (AvgIpc) is 2.75. The molecule has 0 spiro atoms. The van der Waals surface area contributed by atoms with Gasteiger partial charge >= 0.3 is 6.03 Å². The molecule has 0 aliphatic heterocycles. The number of carbonyl (C=O) groups excluding carboxylic acids is 2. The minimum absolute atomic E-state index is 0.0184. The fourth-order valence-electron chi connectivity index (χ4n) is 1.46. The summed E-state index contributed by atoms with van der Waals surface area (Å²) in [5.74, 6) is 0.327. The molecule has 0 radical (unpaired) electrons. The molecular weight excluding hydrogens is 246 g/mol. The van der Waals surface area contributed by atoms with E-state index in [0.29, 0.717) is 17.2 Å². The van der Waals surface area contributed by atoms with Gasteiger partial charge in [-0.25, -0.2) is 9.48 Å². The Labute approximate surface area is 109 Å². The topological polar surface area (TPSA) is 88.9 Å². The third-order valence-electron chi connectivity index (χ3n) is 2.49. The molecule has 7 heteroatoms. The lowest BCUT2D eigenvalue weighted by Crippen LogP contribution is -2.21. The summed E-state index contributed by atoms with van der Waals surface area (Å²) in [6.45, 7) is 1.49. The van der Waals surface area contributed by atoms with Gasteiger partial charge in [0.2, 0.25) is 5.95 Å². The minimum atomic E-state index is -0.424. The summed E-state index contributed by atoms with van der Waals surface area (Å²) in [5.41, 5.74) is 1.18. The number of nitrogens with zero attached hydrogens (tertiary/aromatic N) is 3. The van der Waals surface area contributed by atoms with Gasteiger partial charge in [-0.2, -0.15) is 10.1 Å². The molecule has 2 aromatic rings. The van der Waals surface area contributed by atoms with Gasteiger partial charge in [0, 0.05) is 18.3 Å². The lowest BCUT2D eigenvalue weighted by atomic mass is 10.1. The van der Waals surface area contributed by atoms with Gasteiger partial charge in [0.15, 0.2) is 5.78 Å². The molecule has 0 aliphatic carbocycles. The first-order valence-electron chi connectivity index (χ1n) is 5.59. The van der Waals surface area contributed by atoms with E-state index in [9.17, 15) is 9.59 Å². The molecule has 0 fully saturated rings. The SMILES string of the molecule is CC(=O)c1ccc(NC(=O)Nc2ncnn2C)cc1.